The van der Waals surface area contributed by atoms with E-state index in [4.69, 9.17) is 22.1 Å². The molecule has 20 heavy (non-hydrogen) atoms. The maximum atomic E-state index is 6.14. The molecule has 5 heteroatoms. The van der Waals surface area contributed by atoms with Crippen LogP contribution >= 0.6 is 11.6 Å². The number of fused-ring (bicyclic) bond motifs is 1. The summed E-state index contributed by atoms with van der Waals surface area (Å²) >= 11 is 6.14. The van der Waals surface area contributed by atoms with Crippen molar-refractivity contribution in [3.63, 3.8) is 0 Å². The van der Waals surface area contributed by atoms with E-state index in [-0.39, 0.29) is 0 Å². The fourth-order valence-corrected chi connectivity index (χ4v) is 2.41. The van der Waals surface area contributed by atoms with Crippen LogP contribution in [0.5, 0.6) is 5.75 Å². The van der Waals surface area contributed by atoms with Crippen LogP contribution in [-0.2, 0) is 0 Å². The summed E-state index contributed by atoms with van der Waals surface area (Å²) in [4.78, 5) is 0. The number of nitrogens with zero attached hydrogens (tertiary/aromatic N) is 1. The van der Waals surface area contributed by atoms with Gasteiger partial charge in [0.15, 0.2) is 0 Å². The first-order valence-electron chi connectivity index (χ1n) is 6.18. The standard InChI is InChI=1S/C15H14ClN3O/c1-8-5-11(14(20-2)7-12(8)16)15-10-4-3-9(17)6-13(10)18-19-15/h3-7H,17H2,1-2H3,(H,18,19). The van der Waals surface area contributed by atoms with Crippen LogP contribution in [0.25, 0.3) is 22.2 Å². The number of rotatable bonds is 2. The van der Waals surface area contributed by atoms with Crippen molar-refractivity contribution in [2.24, 2.45) is 0 Å². The average molecular weight is 288 g/mol. The number of anilines is 1. The Bertz CT molecular complexity index is 795. The van der Waals surface area contributed by atoms with Gasteiger partial charge in [0, 0.05) is 21.7 Å². The van der Waals surface area contributed by atoms with Gasteiger partial charge >= 0.3 is 0 Å². The molecule has 0 saturated heterocycles. The predicted molar refractivity (Wildman–Crippen MR) is 82.2 cm³/mol. The molecule has 3 rings (SSSR count). The lowest BCUT2D eigenvalue weighted by Gasteiger charge is -2.09. The average Bonchev–Trinajstić information content (AvgIpc) is 2.84. The molecule has 0 aliphatic heterocycles. The van der Waals surface area contributed by atoms with Gasteiger partial charge in [-0.2, -0.15) is 5.10 Å². The second kappa shape index (κ2) is 4.72. The second-order valence-corrected chi connectivity index (χ2v) is 5.09. The number of methoxy groups -OCH3 is 1. The summed E-state index contributed by atoms with van der Waals surface area (Å²) in [7, 11) is 1.62. The normalized spacial score (nSPS) is 10.9. The molecule has 0 spiro atoms. The maximum Gasteiger partial charge on any atom is 0.129 e. The minimum Gasteiger partial charge on any atom is -0.496 e. The first-order valence-corrected chi connectivity index (χ1v) is 6.56. The van der Waals surface area contributed by atoms with E-state index in [0.717, 1.165) is 27.7 Å². The predicted octanol–water partition coefficient (Wildman–Crippen LogP) is 3.78. The van der Waals surface area contributed by atoms with Crippen LogP contribution in [0, 0.1) is 6.92 Å². The van der Waals surface area contributed by atoms with Crippen LogP contribution in [0.3, 0.4) is 0 Å². The number of ether oxygens (including phenoxy) is 1. The summed E-state index contributed by atoms with van der Waals surface area (Å²) in [6, 6.07) is 9.46. The molecule has 102 valence electrons. The summed E-state index contributed by atoms with van der Waals surface area (Å²) < 4.78 is 5.41. The fraction of sp³-hybridized carbons (Fsp3) is 0.133. The molecule has 0 saturated carbocycles. The van der Waals surface area contributed by atoms with Gasteiger partial charge in [-0.3, -0.25) is 5.10 Å². The number of benzene rings is 2. The zero-order chi connectivity index (χ0) is 14.3. The Morgan fingerprint density at radius 3 is 2.80 bits per heavy atom. The van der Waals surface area contributed by atoms with E-state index < -0.39 is 0 Å². The Morgan fingerprint density at radius 2 is 2.05 bits per heavy atom. The van der Waals surface area contributed by atoms with Crippen molar-refractivity contribution in [1.29, 1.82) is 0 Å². The number of nitrogen functional groups attached to an aromatic ring is 1. The first-order chi connectivity index (χ1) is 9.60. The number of hydrogen-bond donors (Lipinski definition) is 2. The lowest BCUT2D eigenvalue weighted by molar-refractivity contribution is 0.416. The molecule has 0 aliphatic carbocycles. The van der Waals surface area contributed by atoms with Crippen LogP contribution in [-0.4, -0.2) is 17.3 Å². The number of aromatic nitrogens is 2. The highest BCUT2D eigenvalue weighted by atomic mass is 35.5. The Morgan fingerprint density at radius 1 is 1.25 bits per heavy atom. The Hall–Kier alpha value is -2.20. The first kappa shape index (κ1) is 12.8. The monoisotopic (exact) mass is 287 g/mol. The smallest absolute Gasteiger partial charge is 0.129 e. The molecule has 0 radical (unpaired) electrons. The van der Waals surface area contributed by atoms with Gasteiger partial charge in [0.05, 0.1) is 12.6 Å². The lowest BCUT2D eigenvalue weighted by Crippen LogP contribution is -1.91. The van der Waals surface area contributed by atoms with E-state index in [1.807, 2.05) is 37.3 Å². The summed E-state index contributed by atoms with van der Waals surface area (Å²) in [6.45, 7) is 1.96. The molecule has 0 atom stereocenters. The van der Waals surface area contributed by atoms with E-state index in [1.54, 1.807) is 7.11 Å². The minimum absolute atomic E-state index is 0.676. The molecule has 3 aromatic rings. The van der Waals surface area contributed by atoms with Crippen molar-refractivity contribution in [3.05, 3.63) is 40.9 Å². The Balaban J connectivity index is 2.28. The number of hydrogen-bond acceptors (Lipinski definition) is 3. The van der Waals surface area contributed by atoms with E-state index in [1.165, 1.54) is 0 Å². The van der Waals surface area contributed by atoms with Gasteiger partial charge in [-0.15, -0.1) is 0 Å². The van der Waals surface area contributed by atoms with Gasteiger partial charge in [0.2, 0.25) is 0 Å². The van der Waals surface area contributed by atoms with Gasteiger partial charge in [-0.1, -0.05) is 11.6 Å². The quantitative estimate of drug-likeness (QED) is 0.705. The molecular formula is C15H14ClN3O. The minimum atomic E-state index is 0.676. The van der Waals surface area contributed by atoms with Crippen LogP contribution in [0.15, 0.2) is 30.3 Å². The topological polar surface area (TPSA) is 63.9 Å². The summed E-state index contributed by atoms with van der Waals surface area (Å²) in [5, 5.41) is 9.05. The maximum absolute atomic E-state index is 6.14. The molecular weight excluding hydrogens is 274 g/mol. The molecule has 1 aromatic heterocycles. The molecule has 1 heterocycles. The fourth-order valence-electron chi connectivity index (χ4n) is 2.26. The van der Waals surface area contributed by atoms with Crippen molar-refractivity contribution in [2.75, 3.05) is 12.8 Å². The number of halogens is 1. The van der Waals surface area contributed by atoms with Crippen molar-refractivity contribution < 1.29 is 4.74 Å². The molecule has 2 aromatic carbocycles. The van der Waals surface area contributed by atoms with Gasteiger partial charge in [0.25, 0.3) is 0 Å². The van der Waals surface area contributed by atoms with Crippen LogP contribution in [0.2, 0.25) is 5.02 Å². The van der Waals surface area contributed by atoms with Crippen LogP contribution in [0.1, 0.15) is 5.56 Å². The third-order valence-electron chi connectivity index (χ3n) is 3.32. The third-order valence-corrected chi connectivity index (χ3v) is 3.73. The highest BCUT2D eigenvalue weighted by molar-refractivity contribution is 6.31. The van der Waals surface area contributed by atoms with E-state index in [0.29, 0.717) is 16.5 Å². The van der Waals surface area contributed by atoms with Crippen LogP contribution < -0.4 is 10.5 Å². The molecule has 0 bridgehead atoms. The Kier molecular flexibility index (Phi) is 3.03. The molecule has 0 amide bonds. The third kappa shape index (κ3) is 1.98. The zero-order valence-corrected chi connectivity index (χ0v) is 12.0. The van der Waals surface area contributed by atoms with Gasteiger partial charge in [0.1, 0.15) is 11.4 Å². The highest BCUT2D eigenvalue weighted by Gasteiger charge is 2.14. The summed E-state index contributed by atoms with van der Waals surface area (Å²) in [5.74, 6) is 0.700. The molecule has 0 fully saturated rings. The van der Waals surface area contributed by atoms with Crippen molar-refractivity contribution >= 4 is 28.2 Å². The SMILES string of the molecule is COc1cc(Cl)c(C)cc1-c1n[nH]c2cc(N)ccc12. The van der Waals surface area contributed by atoms with Crippen LogP contribution in [0.4, 0.5) is 5.69 Å². The molecule has 0 aliphatic rings. The second-order valence-electron chi connectivity index (χ2n) is 4.68. The van der Waals surface area contributed by atoms with E-state index in [2.05, 4.69) is 10.2 Å². The highest BCUT2D eigenvalue weighted by Crippen LogP contribution is 2.37. The van der Waals surface area contributed by atoms with Gasteiger partial charge < -0.3 is 10.5 Å². The number of nitrogens with two attached hydrogens (primary N) is 1. The zero-order valence-electron chi connectivity index (χ0n) is 11.2. The number of H-pyrrole nitrogens is 1. The molecule has 3 N–H and O–H groups in total. The van der Waals surface area contributed by atoms with E-state index in [9.17, 15) is 0 Å². The van der Waals surface area contributed by atoms with E-state index >= 15 is 0 Å². The van der Waals surface area contributed by atoms with Crippen molar-refractivity contribution in [1.82, 2.24) is 10.2 Å². The number of nitrogens with one attached hydrogen (secondary N) is 1. The Labute approximate surface area is 121 Å². The van der Waals surface area contributed by atoms with Crippen molar-refractivity contribution in [2.45, 2.75) is 6.92 Å². The molecule has 0 unspecified atom stereocenters. The number of aryl methyl sites for hydroxylation is 1. The van der Waals surface area contributed by atoms with Crippen molar-refractivity contribution in [3.8, 4) is 17.0 Å². The largest absolute Gasteiger partial charge is 0.496 e. The summed E-state index contributed by atoms with van der Waals surface area (Å²) in [6.07, 6.45) is 0. The van der Waals surface area contributed by atoms with Gasteiger partial charge in [-0.25, -0.2) is 0 Å². The lowest BCUT2D eigenvalue weighted by atomic mass is 10.0. The molecule has 4 nitrogen and oxygen atoms in total. The number of aromatic amines is 1. The van der Waals surface area contributed by atoms with Gasteiger partial charge in [-0.05, 0) is 42.8 Å². The summed E-state index contributed by atoms with van der Waals surface area (Å²) in [5.41, 5.74) is 10.1.